The van der Waals surface area contributed by atoms with Gasteiger partial charge in [-0.25, -0.2) is 9.97 Å². The Balaban J connectivity index is 1.53. The van der Waals surface area contributed by atoms with Crippen LogP contribution in [0.1, 0.15) is 28.9 Å². The van der Waals surface area contributed by atoms with Crippen LogP contribution in [-0.4, -0.2) is 42.2 Å². The van der Waals surface area contributed by atoms with Crippen molar-refractivity contribution in [1.29, 1.82) is 0 Å². The van der Waals surface area contributed by atoms with Crippen LogP contribution < -0.4 is 15.4 Å². The summed E-state index contributed by atoms with van der Waals surface area (Å²) in [6, 6.07) is 9.19. The van der Waals surface area contributed by atoms with Crippen molar-refractivity contribution < 1.29 is 14.3 Å². The second kappa shape index (κ2) is 8.43. The Hall–Kier alpha value is -2.67. The predicted molar refractivity (Wildman–Crippen MR) is 93.7 cm³/mol. The lowest BCUT2D eigenvalue weighted by atomic mass is 10.2. The van der Waals surface area contributed by atoms with Crippen molar-refractivity contribution in [2.45, 2.75) is 25.5 Å². The van der Waals surface area contributed by atoms with Gasteiger partial charge < -0.3 is 20.1 Å². The number of carbonyl (C=O) groups is 1. The van der Waals surface area contributed by atoms with Crippen molar-refractivity contribution in [3.05, 3.63) is 47.9 Å². The molecule has 3 rings (SSSR count). The lowest BCUT2D eigenvalue weighted by molar-refractivity contribution is 0.0946. The fraction of sp³-hybridized carbons (Fsp3) is 0.389. The molecule has 0 radical (unpaired) electrons. The number of nitrogens with zero attached hydrogens (tertiary/aromatic N) is 2. The summed E-state index contributed by atoms with van der Waals surface area (Å²) in [5, 5.41) is 6.05. The van der Waals surface area contributed by atoms with Gasteiger partial charge in [0.05, 0.1) is 13.2 Å². The topological polar surface area (TPSA) is 85.4 Å². The molecule has 2 N–H and O–H groups in total. The van der Waals surface area contributed by atoms with Crippen molar-refractivity contribution in [3.63, 3.8) is 0 Å². The van der Waals surface area contributed by atoms with Gasteiger partial charge in [-0.05, 0) is 30.5 Å². The number of ether oxygens (including phenoxy) is 2. The number of hydrogen-bond donors (Lipinski definition) is 2. The lowest BCUT2D eigenvalue weighted by Crippen LogP contribution is -2.24. The first kappa shape index (κ1) is 17.2. The number of benzene rings is 1. The molecule has 1 atom stereocenters. The van der Waals surface area contributed by atoms with Gasteiger partial charge in [0.1, 0.15) is 23.6 Å². The number of rotatable bonds is 7. The van der Waals surface area contributed by atoms with E-state index in [1.807, 2.05) is 24.3 Å². The minimum atomic E-state index is -0.238. The molecular weight excluding hydrogens is 320 g/mol. The molecule has 1 fully saturated rings. The van der Waals surface area contributed by atoms with Crippen molar-refractivity contribution in [1.82, 2.24) is 15.3 Å². The van der Waals surface area contributed by atoms with Crippen molar-refractivity contribution >= 4 is 11.7 Å². The predicted octanol–water partition coefficient (Wildman–Crippen LogP) is 2.01. The molecule has 25 heavy (non-hydrogen) atoms. The Morgan fingerprint density at radius 3 is 2.88 bits per heavy atom. The van der Waals surface area contributed by atoms with E-state index in [-0.39, 0.29) is 12.0 Å². The van der Waals surface area contributed by atoms with E-state index < -0.39 is 0 Å². The largest absolute Gasteiger partial charge is 0.497 e. The summed E-state index contributed by atoms with van der Waals surface area (Å²) in [5.74, 6) is 1.17. The zero-order chi connectivity index (χ0) is 17.5. The first-order valence-corrected chi connectivity index (χ1v) is 8.33. The van der Waals surface area contributed by atoms with E-state index in [1.165, 1.54) is 6.33 Å². The first-order chi connectivity index (χ1) is 12.2. The molecule has 132 valence electrons. The van der Waals surface area contributed by atoms with Crippen LogP contribution in [-0.2, 0) is 11.3 Å². The normalized spacial score (nSPS) is 16.4. The summed E-state index contributed by atoms with van der Waals surface area (Å²) in [6.45, 7) is 1.92. The maximum atomic E-state index is 12.3. The number of nitrogens with one attached hydrogen (secondary N) is 2. The highest BCUT2D eigenvalue weighted by Crippen LogP contribution is 2.13. The van der Waals surface area contributed by atoms with Gasteiger partial charge in [0, 0.05) is 25.8 Å². The van der Waals surface area contributed by atoms with Crippen LogP contribution in [0.4, 0.5) is 5.82 Å². The minimum absolute atomic E-state index is 0.210. The smallest absolute Gasteiger partial charge is 0.270 e. The molecule has 1 aliphatic heterocycles. The second-order valence-corrected chi connectivity index (χ2v) is 5.84. The zero-order valence-corrected chi connectivity index (χ0v) is 14.2. The van der Waals surface area contributed by atoms with Gasteiger partial charge in [0.25, 0.3) is 5.91 Å². The Morgan fingerprint density at radius 2 is 2.16 bits per heavy atom. The maximum absolute atomic E-state index is 12.3. The third-order valence-corrected chi connectivity index (χ3v) is 4.05. The molecular formula is C18H22N4O3. The van der Waals surface area contributed by atoms with Crippen LogP contribution in [0.5, 0.6) is 5.75 Å². The summed E-state index contributed by atoms with van der Waals surface area (Å²) in [7, 11) is 1.62. The molecule has 1 aliphatic rings. The molecule has 0 saturated carbocycles. The van der Waals surface area contributed by atoms with E-state index in [9.17, 15) is 4.79 Å². The highest BCUT2D eigenvalue weighted by molar-refractivity contribution is 5.92. The van der Waals surface area contributed by atoms with Crippen LogP contribution in [0.3, 0.4) is 0 Å². The monoisotopic (exact) mass is 342 g/mol. The average molecular weight is 342 g/mol. The van der Waals surface area contributed by atoms with Crippen LogP contribution in [0.25, 0.3) is 0 Å². The first-order valence-electron chi connectivity index (χ1n) is 8.33. The molecule has 7 heteroatoms. The third kappa shape index (κ3) is 4.90. The van der Waals surface area contributed by atoms with Gasteiger partial charge >= 0.3 is 0 Å². The Kier molecular flexibility index (Phi) is 5.79. The van der Waals surface area contributed by atoms with Crippen molar-refractivity contribution in [3.8, 4) is 5.75 Å². The molecule has 2 aromatic rings. The molecule has 0 aliphatic carbocycles. The van der Waals surface area contributed by atoms with Gasteiger partial charge in [0.15, 0.2) is 0 Å². The highest BCUT2D eigenvalue weighted by atomic mass is 16.5. The van der Waals surface area contributed by atoms with E-state index in [4.69, 9.17) is 9.47 Å². The highest BCUT2D eigenvalue weighted by Gasteiger charge is 2.15. The molecule has 7 nitrogen and oxygen atoms in total. The van der Waals surface area contributed by atoms with Gasteiger partial charge in [-0.15, -0.1) is 0 Å². The fourth-order valence-electron chi connectivity index (χ4n) is 2.62. The van der Waals surface area contributed by atoms with E-state index in [1.54, 1.807) is 13.2 Å². The maximum Gasteiger partial charge on any atom is 0.270 e. The van der Waals surface area contributed by atoms with Crippen LogP contribution in [0.2, 0.25) is 0 Å². The quantitative estimate of drug-likeness (QED) is 0.801. The number of carbonyl (C=O) groups excluding carboxylic acids is 1. The number of aromatic nitrogens is 2. The van der Waals surface area contributed by atoms with Gasteiger partial charge in [-0.1, -0.05) is 12.1 Å². The minimum Gasteiger partial charge on any atom is -0.497 e. The molecule has 0 bridgehead atoms. The van der Waals surface area contributed by atoms with E-state index in [2.05, 4.69) is 20.6 Å². The molecule has 0 spiro atoms. The molecule has 1 unspecified atom stereocenters. The summed E-state index contributed by atoms with van der Waals surface area (Å²) < 4.78 is 10.7. The number of anilines is 1. The SMILES string of the molecule is COc1ccc(CNC(=O)c2cc(NCC3CCCO3)ncn2)cc1. The van der Waals surface area contributed by atoms with Gasteiger partial charge in [-0.3, -0.25) is 4.79 Å². The van der Waals surface area contributed by atoms with Crippen LogP contribution in [0.15, 0.2) is 36.7 Å². The average Bonchev–Trinajstić information content (AvgIpc) is 3.19. The van der Waals surface area contributed by atoms with E-state index in [0.29, 0.717) is 24.6 Å². The number of methoxy groups -OCH3 is 1. The van der Waals surface area contributed by atoms with Gasteiger partial charge in [0.2, 0.25) is 0 Å². The third-order valence-electron chi connectivity index (χ3n) is 4.05. The van der Waals surface area contributed by atoms with Crippen molar-refractivity contribution in [2.75, 3.05) is 25.6 Å². The van der Waals surface area contributed by atoms with Crippen molar-refractivity contribution in [2.24, 2.45) is 0 Å². The number of amides is 1. The molecule has 1 aromatic heterocycles. The lowest BCUT2D eigenvalue weighted by Gasteiger charge is -2.11. The summed E-state index contributed by atoms with van der Waals surface area (Å²) in [5.41, 5.74) is 1.32. The number of hydrogen-bond acceptors (Lipinski definition) is 6. The second-order valence-electron chi connectivity index (χ2n) is 5.84. The Bertz CT molecular complexity index is 700. The molecule has 2 heterocycles. The van der Waals surface area contributed by atoms with Gasteiger partial charge in [-0.2, -0.15) is 0 Å². The standard InChI is InChI=1S/C18H22N4O3/c1-24-14-6-4-13(5-7-14)10-20-18(23)16-9-17(22-12-21-16)19-11-15-3-2-8-25-15/h4-7,9,12,15H,2-3,8,10-11H2,1H3,(H,20,23)(H,19,21,22). The summed E-state index contributed by atoms with van der Waals surface area (Å²) in [4.78, 5) is 20.5. The molecule has 1 aromatic carbocycles. The van der Waals surface area contributed by atoms with E-state index >= 15 is 0 Å². The van der Waals surface area contributed by atoms with E-state index in [0.717, 1.165) is 30.8 Å². The fourth-order valence-corrected chi connectivity index (χ4v) is 2.62. The molecule has 1 saturated heterocycles. The zero-order valence-electron chi connectivity index (χ0n) is 14.2. The summed E-state index contributed by atoms with van der Waals surface area (Å²) >= 11 is 0. The Labute approximate surface area is 146 Å². The molecule has 1 amide bonds. The van der Waals surface area contributed by atoms with Crippen LogP contribution in [0, 0.1) is 0 Å². The Morgan fingerprint density at radius 1 is 1.32 bits per heavy atom. The van der Waals surface area contributed by atoms with Crippen LogP contribution >= 0.6 is 0 Å². The summed E-state index contributed by atoms with van der Waals surface area (Å²) in [6.07, 6.45) is 3.74.